The van der Waals surface area contributed by atoms with E-state index in [1.54, 1.807) is 24.7 Å². The van der Waals surface area contributed by atoms with E-state index < -0.39 is 0 Å². The predicted octanol–water partition coefficient (Wildman–Crippen LogP) is 3.60. The van der Waals surface area contributed by atoms with Crippen molar-refractivity contribution in [1.82, 2.24) is 9.55 Å². The van der Waals surface area contributed by atoms with Crippen molar-refractivity contribution in [1.29, 1.82) is 0 Å². The van der Waals surface area contributed by atoms with Crippen LogP contribution in [0.1, 0.15) is 16.8 Å². The van der Waals surface area contributed by atoms with Gasteiger partial charge in [0.05, 0.1) is 12.9 Å². The molecule has 1 N–H and O–H groups in total. The smallest absolute Gasteiger partial charge is 0.255 e. The highest BCUT2D eigenvalue weighted by molar-refractivity contribution is 6.04. The Kier molecular flexibility index (Phi) is 5.24. The molecule has 5 nitrogen and oxygen atoms in total. The molecule has 24 heavy (non-hydrogen) atoms. The Hall–Kier alpha value is -3.08. The van der Waals surface area contributed by atoms with Crippen LogP contribution in [0.5, 0.6) is 5.75 Å². The summed E-state index contributed by atoms with van der Waals surface area (Å²) in [7, 11) is 0. The molecule has 1 amide bonds. The van der Waals surface area contributed by atoms with Gasteiger partial charge in [0.1, 0.15) is 5.75 Å². The zero-order valence-electron chi connectivity index (χ0n) is 13.3. The maximum Gasteiger partial charge on any atom is 0.255 e. The molecule has 5 heteroatoms. The van der Waals surface area contributed by atoms with Gasteiger partial charge in [0, 0.05) is 30.2 Å². The highest BCUT2D eigenvalue weighted by Crippen LogP contribution is 2.16. The summed E-state index contributed by atoms with van der Waals surface area (Å²) in [4.78, 5) is 16.1. The molecule has 1 aromatic heterocycles. The van der Waals surface area contributed by atoms with Crippen LogP contribution in [0.4, 0.5) is 5.69 Å². The average molecular weight is 321 g/mol. The third-order valence-corrected chi connectivity index (χ3v) is 3.54. The molecule has 1 heterocycles. The Morgan fingerprint density at radius 3 is 2.58 bits per heavy atom. The number of nitrogens with zero attached hydrogens (tertiary/aromatic N) is 2. The van der Waals surface area contributed by atoms with Crippen molar-refractivity contribution in [2.45, 2.75) is 13.0 Å². The standard InChI is InChI=1S/C19H19N3O2/c23-19(16-5-2-1-3-6-16)21-17-7-9-18(10-8-17)24-14-4-12-22-13-11-20-15-22/h1-3,5-11,13,15H,4,12,14H2,(H,21,23). The van der Waals surface area contributed by atoms with E-state index in [1.165, 1.54) is 0 Å². The van der Waals surface area contributed by atoms with E-state index in [2.05, 4.69) is 10.3 Å². The van der Waals surface area contributed by atoms with Gasteiger partial charge in [-0.3, -0.25) is 4.79 Å². The van der Waals surface area contributed by atoms with Gasteiger partial charge in [0.25, 0.3) is 5.91 Å². The Morgan fingerprint density at radius 2 is 1.88 bits per heavy atom. The first-order chi connectivity index (χ1) is 11.8. The molecule has 0 radical (unpaired) electrons. The second-order valence-corrected chi connectivity index (χ2v) is 5.35. The minimum absolute atomic E-state index is 0.121. The van der Waals surface area contributed by atoms with Gasteiger partial charge < -0.3 is 14.6 Å². The van der Waals surface area contributed by atoms with Crippen molar-refractivity contribution in [2.24, 2.45) is 0 Å². The lowest BCUT2D eigenvalue weighted by molar-refractivity contribution is 0.102. The zero-order chi connectivity index (χ0) is 16.6. The van der Waals surface area contributed by atoms with Crippen molar-refractivity contribution in [3.05, 3.63) is 78.9 Å². The second kappa shape index (κ2) is 7.97. The molecule has 0 fully saturated rings. The molecule has 122 valence electrons. The zero-order valence-corrected chi connectivity index (χ0v) is 13.3. The highest BCUT2D eigenvalue weighted by atomic mass is 16.5. The number of rotatable bonds is 7. The molecule has 3 rings (SSSR count). The van der Waals surface area contributed by atoms with Gasteiger partial charge >= 0.3 is 0 Å². The summed E-state index contributed by atoms with van der Waals surface area (Å²) in [5.74, 6) is 0.669. The summed E-state index contributed by atoms with van der Waals surface area (Å²) in [6.45, 7) is 1.51. The number of anilines is 1. The fraction of sp³-hybridized carbons (Fsp3) is 0.158. The Morgan fingerprint density at radius 1 is 1.08 bits per heavy atom. The topological polar surface area (TPSA) is 56.1 Å². The number of hydrogen-bond acceptors (Lipinski definition) is 3. The minimum Gasteiger partial charge on any atom is -0.494 e. The summed E-state index contributed by atoms with van der Waals surface area (Å²) in [5.41, 5.74) is 1.38. The molecule has 0 aliphatic carbocycles. The molecule has 0 bridgehead atoms. The molecule has 0 saturated carbocycles. The molecule has 0 atom stereocenters. The van der Waals surface area contributed by atoms with Crippen LogP contribution < -0.4 is 10.1 Å². The lowest BCUT2D eigenvalue weighted by Gasteiger charge is -2.09. The average Bonchev–Trinajstić information content (AvgIpc) is 3.14. The van der Waals surface area contributed by atoms with E-state index in [9.17, 15) is 4.79 Å². The van der Waals surface area contributed by atoms with Gasteiger partial charge in [-0.1, -0.05) is 18.2 Å². The van der Waals surface area contributed by atoms with E-state index in [0.29, 0.717) is 12.2 Å². The molecule has 0 saturated heterocycles. The summed E-state index contributed by atoms with van der Waals surface area (Å²) in [6.07, 6.45) is 6.40. The van der Waals surface area contributed by atoms with Gasteiger partial charge in [-0.05, 0) is 42.8 Å². The van der Waals surface area contributed by atoms with Crippen LogP contribution in [-0.2, 0) is 6.54 Å². The number of hydrogen-bond donors (Lipinski definition) is 1. The van der Waals surface area contributed by atoms with Crippen LogP contribution in [0.25, 0.3) is 0 Å². The van der Waals surface area contributed by atoms with Gasteiger partial charge in [0.15, 0.2) is 0 Å². The molecular weight excluding hydrogens is 302 g/mol. The minimum atomic E-state index is -0.121. The fourth-order valence-corrected chi connectivity index (χ4v) is 2.28. The van der Waals surface area contributed by atoms with E-state index in [-0.39, 0.29) is 5.91 Å². The summed E-state index contributed by atoms with van der Waals surface area (Å²) >= 11 is 0. The maximum absolute atomic E-state index is 12.1. The number of benzene rings is 2. The van der Waals surface area contributed by atoms with Gasteiger partial charge in [-0.15, -0.1) is 0 Å². The Labute approximate surface area is 140 Å². The van der Waals surface area contributed by atoms with Crippen LogP contribution in [0, 0.1) is 0 Å². The maximum atomic E-state index is 12.1. The van der Waals surface area contributed by atoms with E-state index in [0.717, 1.165) is 24.4 Å². The van der Waals surface area contributed by atoms with Gasteiger partial charge in [0.2, 0.25) is 0 Å². The first-order valence-corrected chi connectivity index (χ1v) is 7.86. The number of imidazole rings is 1. The molecule has 3 aromatic rings. The van der Waals surface area contributed by atoms with Crippen LogP contribution in [0.3, 0.4) is 0 Å². The van der Waals surface area contributed by atoms with Gasteiger partial charge in [-0.25, -0.2) is 4.98 Å². The number of amides is 1. The highest BCUT2D eigenvalue weighted by Gasteiger charge is 2.05. The van der Waals surface area contributed by atoms with Crippen LogP contribution in [0.2, 0.25) is 0 Å². The van der Waals surface area contributed by atoms with Crippen LogP contribution >= 0.6 is 0 Å². The van der Waals surface area contributed by atoms with E-state index in [4.69, 9.17) is 4.74 Å². The first kappa shape index (κ1) is 15.8. The molecule has 2 aromatic carbocycles. The summed E-state index contributed by atoms with van der Waals surface area (Å²) in [5, 5.41) is 2.87. The molecule has 0 unspecified atom stereocenters. The van der Waals surface area contributed by atoms with E-state index in [1.807, 2.05) is 53.2 Å². The largest absolute Gasteiger partial charge is 0.494 e. The quantitative estimate of drug-likeness (QED) is 0.676. The lowest BCUT2D eigenvalue weighted by Crippen LogP contribution is -2.11. The lowest BCUT2D eigenvalue weighted by atomic mass is 10.2. The number of ether oxygens (including phenoxy) is 1. The third kappa shape index (κ3) is 4.46. The number of aryl methyl sites for hydroxylation is 1. The van der Waals surface area contributed by atoms with Crippen molar-refractivity contribution in [3.63, 3.8) is 0 Å². The number of aromatic nitrogens is 2. The third-order valence-electron chi connectivity index (χ3n) is 3.54. The van der Waals surface area contributed by atoms with Crippen molar-refractivity contribution in [3.8, 4) is 5.75 Å². The Balaban J connectivity index is 1.45. The number of carbonyl (C=O) groups is 1. The predicted molar refractivity (Wildman–Crippen MR) is 93.2 cm³/mol. The molecular formula is C19H19N3O2. The molecule has 0 aliphatic rings. The van der Waals surface area contributed by atoms with Gasteiger partial charge in [-0.2, -0.15) is 0 Å². The molecule has 0 aliphatic heterocycles. The fourth-order valence-electron chi connectivity index (χ4n) is 2.28. The van der Waals surface area contributed by atoms with E-state index >= 15 is 0 Å². The number of carbonyl (C=O) groups excluding carboxylic acids is 1. The Bertz CT molecular complexity index is 753. The summed E-state index contributed by atoms with van der Waals surface area (Å²) in [6, 6.07) is 16.5. The SMILES string of the molecule is O=C(Nc1ccc(OCCCn2ccnc2)cc1)c1ccccc1. The second-order valence-electron chi connectivity index (χ2n) is 5.35. The summed E-state index contributed by atoms with van der Waals surface area (Å²) < 4.78 is 7.72. The van der Waals surface area contributed by atoms with Crippen molar-refractivity contribution < 1.29 is 9.53 Å². The van der Waals surface area contributed by atoms with Crippen LogP contribution in [-0.4, -0.2) is 22.1 Å². The number of nitrogens with one attached hydrogen (secondary N) is 1. The molecule has 0 spiro atoms. The van der Waals surface area contributed by atoms with Crippen molar-refractivity contribution >= 4 is 11.6 Å². The first-order valence-electron chi connectivity index (χ1n) is 7.86. The van der Waals surface area contributed by atoms with Crippen molar-refractivity contribution in [2.75, 3.05) is 11.9 Å². The normalized spacial score (nSPS) is 10.3. The van der Waals surface area contributed by atoms with Crippen LogP contribution in [0.15, 0.2) is 73.3 Å². The monoisotopic (exact) mass is 321 g/mol.